The maximum atomic E-state index is 12.0. The number of hydrogen-bond donors (Lipinski definition) is 1. The Balaban J connectivity index is 2.01. The summed E-state index contributed by atoms with van der Waals surface area (Å²) in [6.45, 7) is 0.495. The first-order valence-electron chi connectivity index (χ1n) is 5.82. The van der Waals surface area contributed by atoms with Gasteiger partial charge in [0.25, 0.3) is 11.6 Å². The van der Waals surface area contributed by atoms with Gasteiger partial charge >= 0.3 is 0 Å². The van der Waals surface area contributed by atoms with Crippen molar-refractivity contribution in [3.8, 4) is 0 Å². The van der Waals surface area contributed by atoms with Crippen LogP contribution in [0.2, 0.25) is 0 Å². The van der Waals surface area contributed by atoms with Crippen molar-refractivity contribution in [2.45, 2.75) is 6.42 Å². The number of non-ortho nitro benzene ring substituents is 1. The van der Waals surface area contributed by atoms with Gasteiger partial charge in [0, 0.05) is 28.0 Å². The molecule has 0 spiro atoms. The van der Waals surface area contributed by atoms with Gasteiger partial charge in [-0.25, -0.2) is 0 Å². The van der Waals surface area contributed by atoms with Crippen LogP contribution in [0.1, 0.15) is 15.2 Å². The van der Waals surface area contributed by atoms with E-state index in [1.54, 1.807) is 11.3 Å². The third-order valence-corrected chi connectivity index (χ3v) is 4.27. The molecule has 20 heavy (non-hydrogen) atoms. The third-order valence-electron chi connectivity index (χ3n) is 2.64. The van der Waals surface area contributed by atoms with Gasteiger partial charge in [0.05, 0.1) is 10.5 Å². The molecule has 1 aromatic heterocycles. The summed E-state index contributed by atoms with van der Waals surface area (Å²) in [6.07, 6.45) is 0.746. The fourth-order valence-electron chi connectivity index (χ4n) is 1.65. The maximum Gasteiger partial charge on any atom is 0.270 e. The number of thiophene rings is 1. The number of nitrogens with one attached hydrogen (secondary N) is 1. The molecule has 0 atom stereocenters. The lowest BCUT2D eigenvalue weighted by atomic mass is 10.2. The standard InChI is InChI=1S/C13H11BrN2O3S/c14-12-4-3-9(16(18)19)8-11(12)13(17)15-6-5-10-2-1-7-20-10/h1-4,7-8H,5-6H2,(H,15,17). The Morgan fingerprint density at radius 2 is 2.20 bits per heavy atom. The van der Waals surface area contributed by atoms with E-state index in [9.17, 15) is 14.9 Å². The fourth-order valence-corrected chi connectivity index (χ4v) is 2.79. The highest BCUT2D eigenvalue weighted by Crippen LogP contribution is 2.22. The third kappa shape index (κ3) is 3.64. The Morgan fingerprint density at radius 3 is 2.85 bits per heavy atom. The topological polar surface area (TPSA) is 72.2 Å². The van der Waals surface area contributed by atoms with E-state index in [4.69, 9.17) is 0 Å². The molecule has 1 heterocycles. The minimum absolute atomic E-state index is 0.100. The minimum atomic E-state index is -0.519. The zero-order chi connectivity index (χ0) is 14.5. The average molecular weight is 355 g/mol. The van der Waals surface area contributed by atoms with Gasteiger partial charge in [0.2, 0.25) is 0 Å². The summed E-state index contributed by atoms with van der Waals surface area (Å²) in [5.41, 5.74) is 0.169. The van der Waals surface area contributed by atoms with Crippen molar-refractivity contribution in [3.05, 3.63) is 60.7 Å². The average Bonchev–Trinajstić information content (AvgIpc) is 2.92. The summed E-state index contributed by atoms with van der Waals surface area (Å²) in [4.78, 5) is 23.4. The van der Waals surface area contributed by atoms with Crippen molar-refractivity contribution in [2.24, 2.45) is 0 Å². The molecule has 2 aromatic rings. The molecule has 0 aliphatic rings. The number of nitro groups is 1. The van der Waals surface area contributed by atoms with Crippen LogP contribution >= 0.6 is 27.3 Å². The molecule has 0 bridgehead atoms. The molecule has 1 aromatic carbocycles. The van der Waals surface area contributed by atoms with Gasteiger partial charge in [-0.05, 0) is 39.9 Å². The van der Waals surface area contributed by atoms with Crippen LogP contribution in [-0.2, 0) is 6.42 Å². The summed E-state index contributed by atoms with van der Waals surface area (Å²) in [5, 5.41) is 15.5. The van der Waals surface area contributed by atoms with Crippen LogP contribution in [0.4, 0.5) is 5.69 Å². The Labute approximate surface area is 127 Å². The van der Waals surface area contributed by atoms with Crippen LogP contribution < -0.4 is 5.32 Å². The minimum Gasteiger partial charge on any atom is -0.352 e. The molecule has 0 unspecified atom stereocenters. The van der Waals surface area contributed by atoms with Crippen molar-refractivity contribution in [3.63, 3.8) is 0 Å². The molecule has 0 saturated heterocycles. The second-order valence-electron chi connectivity index (χ2n) is 4.01. The SMILES string of the molecule is O=C(NCCc1cccs1)c1cc([N+](=O)[O-])ccc1Br. The van der Waals surface area contributed by atoms with Gasteiger partial charge in [-0.1, -0.05) is 6.07 Å². The molecule has 5 nitrogen and oxygen atoms in total. The molecule has 1 amide bonds. The first kappa shape index (κ1) is 14.7. The van der Waals surface area contributed by atoms with E-state index in [1.165, 1.54) is 23.1 Å². The first-order chi connectivity index (χ1) is 9.58. The Kier molecular flexibility index (Phi) is 4.86. The van der Waals surface area contributed by atoms with E-state index in [-0.39, 0.29) is 17.2 Å². The number of hydrogen-bond acceptors (Lipinski definition) is 4. The molecule has 0 aliphatic heterocycles. The van der Waals surface area contributed by atoms with Crippen LogP contribution in [0.3, 0.4) is 0 Å². The molecule has 0 fully saturated rings. The molecule has 0 saturated carbocycles. The Bertz CT molecular complexity index is 629. The molecule has 104 valence electrons. The van der Waals surface area contributed by atoms with E-state index >= 15 is 0 Å². The number of carbonyl (C=O) groups excluding carboxylic acids is 1. The normalized spacial score (nSPS) is 10.2. The predicted octanol–water partition coefficient (Wildman–Crippen LogP) is 3.39. The summed E-state index contributed by atoms with van der Waals surface area (Å²) < 4.78 is 0.539. The lowest BCUT2D eigenvalue weighted by Crippen LogP contribution is -2.25. The molecular weight excluding hydrogens is 344 g/mol. The second-order valence-corrected chi connectivity index (χ2v) is 5.89. The van der Waals surface area contributed by atoms with E-state index < -0.39 is 4.92 Å². The Hall–Kier alpha value is -1.73. The number of nitro benzene ring substituents is 1. The van der Waals surface area contributed by atoms with Crippen LogP contribution in [0.15, 0.2) is 40.2 Å². The number of benzene rings is 1. The number of carbonyl (C=O) groups is 1. The van der Waals surface area contributed by atoms with Gasteiger partial charge in [-0.2, -0.15) is 0 Å². The van der Waals surface area contributed by atoms with E-state index in [0.29, 0.717) is 11.0 Å². The monoisotopic (exact) mass is 354 g/mol. The van der Waals surface area contributed by atoms with Crippen molar-refractivity contribution >= 4 is 38.9 Å². The van der Waals surface area contributed by atoms with Gasteiger partial charge < -0.3 is 5.32 Å². The van der Waals surface area contributed by atoms with Crippen molar-refractivity contribution < 1.29 is 9.72 Å². The first-order valence-corrected chi connectivity index (χ1v) is 7.49. The fraction of sp³-hybridized carbons (Fsp3) is 0.154. The number of rotatable bonds is 5. The number of amides is 1. The molecule has 0 radical (unpaired) electrons. The van der Waals surface area contributed by atoms with E-state index in [0.717, 1.165) is 6.42 Å². The highest BCUT2D eigenvalue weighted by atomic mass is 79.9. The van der Waals surface area contributed by atoms with Crippen molar-refractivity contribution in [1.82, 2.24) is 5.32 Å². The smallest absolute Gasteiger partial charge is 0.270 e. The van der Waals surface area contributed by atoms with E-state index in [1.807, 2.05) is 17.5 Å². The van der Waals surface area contributed by atoms with Gasteiger partial charge in [0.1, 0.15) is 0 Å². The van der Waals surface area contributed by atoms with Gasteiger partial charge in [0.15, 0.2) is 0 Å². The van der Waals surface area contributed by atoms with Crippen molar-refractivity contribution in [1.29, 1.82) is 0 Å². The van der Waals surface area contributed by atoms with Crippen LogP contribution in [0, 0.1) is 10.1 Å². The summed E-state index contributed by atoms with van der Waals surface area (Å²) in [6, 6.07) is 8.09. The number of halogens is 1. The van der Waals surface area contributed by atoms with Crippen LogP contribution in [0.5, 0.6) is 0 Å². The van der Waals surface area contributed by atoms with Gasteiger partial charge in [-0.3, -0.25) is 14.9 Å². The Morgan fingerprint density at radius 1 is 1.40 bits per heavy atom. The van der Waals surface area contributed by atoms with E-state index in [2.05, 4.69) is 21.2 Å². The zero-order valence-electron chi connectivity index (χ0n) is 10.3. The zero-order valence-corrected chi connectivity index (χ0v) is 12.7. The largest absolute Gasteiger partial charge is 0.352 e. The molecular formula is C13H11BrN2O3S. The number of nitrogens with zero attached hydrogens (tertiary/aromatic N) is 1. The molecule has 7 heteroatoms. The predicted molar refractivity (Wildman–Crippen MR) is 81.2 cm³/mol. The van der Waals surface area contributed by atoms with Crippen molar-refractivity contribution in [2.75, 3.05) is 6.54 Å². The lowest BCUT2D eigenvalue weighted by Gasteiger charge is -2.06. The lowest BCUT2D eigenvalue weighted by molar-refractivity contribution is -0.384. The summed E-state index contributed by atoms with van der Waals surface area (Å²) >= 11 is 4.86. The molecule has 1 N–H and O–H groups in total. The summed E-state index contributed by atoms with van der Waals surface area (Å²) in [7, 11) is 0. The quantitative estimate of drug-likeness (QED) is 0.660. The van der Waals surface area contributed by atoms with Gasteiger partial charge in [-0.15, -0.1) is 11.3 Å². The molecule has 2 rings (SSSR count). The maximum absolute atomic E-state index is 12.0. The summed E-state index contributed by atoms with van der Waals surface area (Å²) in [5.74, 6) is -0.322. The molecule has 0 aliphatic carbocycles. The second kappa shape index (κ2) is 6.62. The highest BCUT2D eigenvalue weighted by molar-refractivity contribution is 9.10. The van der Waals surface area contributed by atoms with Crippen LogP contribution in [-0.4, -0.2) is 17.4 Å². The highest BCUT2D eigenvalue weighted by Gasteiger charge is 2.15. The van der Waals surface area contributed by atoms with Crippen LogP contribution in [0.25, 0.3) is 0 Å².